The number of carbonyl (C=O) groups is 1. The molecule has 0 fully saturated rings. The maximum absolute atomic E-state index is 13.6. The van der Waals surface area contributed by atoms with Gasteiger partial charge in [-0.25, -0.2) is 14.4 Å². The van der Waals surface area contributed by atoms with Gasteiger partial charge in [-0.2, -0.15) is 0 Å². The molecule has 0 saturated heterocycles. The summed E-state index contributed by atoms with van der Waals surface area (Å²) in [7, 11) is 0. The Bertz CT molecular complexity index is 915. The SMILES string of the molecule is Cc1nc(NCc2ccccc2)cc(C(=O)NCCc2ccccc2F)n1. The molecule has 138 valence electrons. The van der Waals surface area contributed by atoms with Gasteiger partial charge in [0.1, 0.15) is 23.2 Å². The molecule has 1 heterocycles. The first kappa shape index (κ1) is 18.5. The predicted octanol–water partition coefficient (Wildman–Crippen LogP) is 3.51. The molecule has 1 amide bonds. The largest absolute Gasteiger partial charge is 0.366 e. The molecule has 0 unspecified atom stereocenters. The fourth-order valence-electron chi connectivity index (χ4n) is 2.67. The van der Waals surface area contributed by atoms with Crippen molar-refractivity contribution in [2.24, 2.45) is 0 Å². The van der Waals surface area contributed by atoms with Crippen LogP contribution in [0.15, 0.2) is 60.7 Å². The minimum atomic E-state index is -0.306. The van der Waals surface area contributed by atoms with Gasteiger partial charge in [0.25, 0.3) is 5.91 Å². The number of nitrogens with one attached hydrogen (secondary N) is 2. The van der Waals surface area contributed by atoms with Crippen LogP contribution < -0.4 is 10.6 Å². The van der Waals surface area contributed by atoms with Gasteiger partial charge in [-0.15, -0.1) is 0 Å². The van der Waals surface area contributed by atoms with Gasteiger partial charge in [-0.05, 0) is 30.5 Å². The Morgan fingerprint density at radius 3 is 2.56 bits per heavy atom. The third-order valence-corrected chi connectivity index (χ3v) is 4.02. The molecule has 3 rings (SSSR count). The number of halogens is 1. The van der Waals surface area contributed by atoms with Gasteiger partial charge in [-0.1, -0.05) is 48.5 Å². The van der Waals surface area contributed by atoms with E-state index in [-0.39, 0.29) is 17.4 Å². The smallest absolute Gasteiger partial charge is 0.270 e. The number of carbonyl (C=O) groups excluding carboxylic acids is 1. The molecule has 0 aliphatic rings. The fraction of sp³-hybridized carbons (Fsp3) is 0.190. The first-order chi connectivity index (χ1) is 13.1. The van der Waals surface area contributed by atoms with Crippen molar-refractivity contribution in [3.63, 3.8) is 0 Å². The molecular formula is C21H21FN4O. The van der Waals surface area contributed by atoms with Crippen LogP contribution in [-0.2, 0) is 13.0 Å². The van der Waals surface area contributed by atoms with Crippen molar-refractivity contribution in [2.75, 3.05) is 11.9 Å². The van der Waals surface area contributed by atoms with Crippen LogP contribution in [-0.4, -0.2) is 22.4 Å². The first-order valence-corrected chi connectivity index (χ1v) is 8.77. The highest BCUT2D eigenvalue weighted by Crippen LogP contribution is 2.10. The first-order valence-electron chi connectivity index (χ1n) is 8.77. The number of rotatable bonds is 7. The molecular weight excluding hydrogens is 343 g/mol. The van der Waals surface area contributed by atoms with Crippen LogP contribution in [0.3, 0.4) is 0 Å². The van der Waals surface area contributed by atoms with E-state index in [0.717, 1.165) is 5.56 Å². The Labute approximate surface area is 157 Å². The zero-order valence-corrected chi connectivity index (χ0v) is 15.1. The Morgan fingerprint density at radius 2 is 1.78 bits per heavy atom. The van der Waals surface area contributed by atoms with Crippen LogP contribution in [0.5, 0.6) is 0 Å². The Kier molecular flexibility index (Phi) is 6.10. The van der Waals surface area contributed by atoms with Crippen molar-refractivity contribution in [3.8, 4) is 0 Å². The van der Waals surface area contributed by atoms with Crippen molar-refractivity contribution in [3.05, 3.63) is 89.1 Å². The molecule has 0 saturated carbocycles. The molecule has 3 aromatic rings. The van der Waals surface area contributed by atoms with Crippen molar-refractivity contribution >= 4 is 11.7 Å². The van der Waals surface area contributed by atoms with E-state index in [1.807, 2.05) is 30.3 Å². The van der Waals surface area contributed by atoms with Gasteiger partial charge in [-0.3, -0.25) is 4.79 Å². The molecule has 2 N–H and O–H groups in total. The summed E-state index contributed by atoms with van der Waals surface area (Å²) < 4.78 is 13.6. The summed E-state index contributed by atoms with van der Waals surface area (Å²) in [5.74, 6) is 0.523. The van der Waals surface area contributed by atoms with Gasteiger partial charge >= 0.3 is 0 Å². The molecule has 0 aliphatic carbocycles. The number of hydrogen-bond donors (Lipinski definition) is 2. The van der Waals surface area contributed by atoms with Gasteiger partial charge < -0.3 is 10.6 Å². The monoisotopic (exact) mass is 364 g/mol. The number of nitrogens with zero attached hydrogens (tertiary/aromatic N) is 2. The van der Waals surface area contributed by atoms with E-state index in [0.29, 0.717) is 36.7 Å². The molecule has 0 spiro atoms. The molecule has 6 heteroatoms. The highest BCUT2D eigenvalue weighted by Gasteiger charge is 2.11. The third kappa shape index (κ3) is 5.34. The maximum atomic E-state index is 13.6. The molecule has 1 aromatic heterocycles. The van der Waals surface area contributed by atoms with E-state index in [1.165, 1.54) is 6.07 Å². The Balaban J connectivity index is 1.59. The van der Waals surface area contributed by atoms with Crippen LogP contribution >= 0.6 is 0 Å². The number of anilines is 1. The molecule has 27 heavy (non-hydrogen) atoms. The minimum absolute atomic E-state index is 0.267. The second-order valence-corrected chi connectivity index (χ2v) is 6.12. The zero-order chi connectivity index (χ0) is 19.1. The van der Waals surface area contributed by atoms with Gasteiger partial charge in [0, 0.05) is 19.2 Å². The van der Waals surface area contributed by atoms with Crippen molar-refractivity contribution in [1.82, 2.24) is 15.3 Å². The van der Waals surface area contributed by atoms with E-state index in [1.54, 1.807) is 31.2 Å². The van der Waals surface area contributed by atoms with E-state index >= 15 is 0 Å². The van der Waals surface area contributed by atoms with Crippen LogP contribution in [0.1, 0.15) is 27.4 Å². The lowest BCUT2D eigenvalue weighted by Crippen LogP contribution is -2.27. The summed E-state index contributed by atoms with van der Waals surface area (Å²) in [5.41, 5.74) is 1.97. The number of benzene rings is 2. The number of aromatic nitrogens is 2. The lowest BCUT2D eigenvalue weighted by atomic mass is 10.1. The standard InChI is InChI=1S/C21H21FN4O/c1-15-25-19(13-20(26-15)24-14-16-7-3-2-4-8-16)21(27)23-12-11-17-9-5-6-10-18(17)22/h2-10,13H,11-12,14H2,1H3,(H,23,27)(H,24,25,26). The minimum Gasteiger partial charge on any atom is -0.366 e. The molecule has 5 nitrogen and oxygen atoms in total. The summed E-state index contributed by atoms with van der Waals surface area (Å²) >= 11 is 0. The molecule has 0 radical (unpaired) electrons. The number of hydrogen-bond acceptors (Lipinski definition) is 4. The Morgan fingerprint density at radius 1 is 1.04 bits per heavy atom. The van der Waals surface area contributed by atoms with E-state index in [4.69, 9.17) is 0 Å². The maximum Gasteiger partial charge on any atom is 0.270 e. The highest BCUT2D eigenvalue weighted by molar-refractivity contribution is 5.92. The van der Waals surface area contributed by atoms with Crippen molar-refractivity contribution in [2.45, 2.75) is 19.9 Å². The molecule has 0 bridgehead atoms. The topological polar surface area (TPSA) is 66.9 Å². The summed E-state index contributed by atoms with van der Waals surface area (Å²) in [6, 6.07) is 18.1. The van der Waals surface area contributed by atoms with Gasteiger partial charge in [0.05, 0.1) is 0 Å². The summed E-state index contributed by atoms with van der Waals surface area (Å²) in [6.45, 7) is 2.67. The highest BCUT2D eigenvalue weighted by atomic mass is 19.1. The van der Waals surface area contributed by atoms with Crippen molar-refractivity contribution < 1.29 is 9.18 Å². The van der Waals surface area contributed by atoms with E-state index in [9.17, 15) is 9.18 Å². The summed E-state index contributed by atoms with van der Waals surface area (Å²) in [6.07, 6.45) is 0.418. The third-order valence-electron chi connectivity index (χ3n) is 4.02. The lowest BCUT2D eigenvalue weighted by Gasteiger charge is -2.09. The average molecular weight is 364 g/mol. The number of amides is 1. The normalized spacial score (nSPS) is 10.4. The average Bonchev–Trinajstić information content (AvgIpc) is 2.68. The summed E-state index contributed by atoms with van der Waals surface area (Å²) in [5, 5.41) is 5.98. The molecule has 0 aliphatic heterocycles. The predicted molar refractivity (Wildman–Crippen MR) is 103 cm³/mol. The van der Waals surface area contributed by atoms with Crippen LogP contribution in [0, 0.1) is 12.7 Å². The zero-order valence-electron chi connectivity index (χ0n) is 15.1. The van der Waals surface area contributed by atoms with Crippen LogP contribution in [0.4, 0.5) is 10.2 Å². The van der Waals surface area contributed by atoms with E-state index in [2.05, 4.69) is 20.6 Å². The quantitative estimate of drug-likeness (QED) is 0.673. The van der Waals surface area contributed by atoms with Crippen LogP contribution in [0.25, 0.3) is 0 Å². The molecule has 0 atom stereocenters. The lowest BCUT2D eigenvalue weighted by molar-refractivity contribution is 0.0948. The van der Waals surface area contributed by atoms with Gasteiger partial charge in [0.15, 0.2) is 0 Å². The van der Waals surface area contributed by atoms with Crippen LogP contribution in [0.2, 0.25) is 0 Å². The van der Waals surface area contributed by atoms with E-state index < -0.39 is 0 Å². The second-order valence-electron chi connectivity index (χ2n) is 6.12. The second kappa shape index (κ2) is 8.89. The molecule has 2 aromatic carbocycles. The summed E-state index contributed by atoms with van der Waals surface area (Å²) in [4.78, 5) is 20.9. The fourth-order valence-corrected chi connectivity index (χ4v) is 2.67. The van der Waals surface area contributed by atoms with Crippen molar-refractivity contribution in [1.29, 1.82) is 0 Å². The number of aryl methyl sites for hydroxylation is 1. The van der Waals surface area contributed by atoms with Gasteiger partial charge in [0.2, 0.25) is 0 Å². The Hall–Kier alpha value is -3.28.